The molecule has 0 aliphatic heterocycles. The number of nitrogens with zero attached hydrogens (tertiary/aromatic N) is 1. The summed E-state index contributed by atoms with van der Waals surface area (Å²) < 4.78 is 10.8. The van der Waals surface area contributed by atoms with Crippen LogP contribution in [0.25, 0.3) is 0 Å². The number of amides is 1. The Hall–Kier alpha value is -2.53. The molecule has 2 rings (SSSR count). The molecule has 5 nitrogen and oxygen atoms in total. The first-order chi connectivity index (χ1) is 12.6. The van der Waals surface area contributed by atoms with Gasteiger partial charge in [0.05, 0.1) is 20.8 Å². The van der Waals surface area contributed by atoms with Gasteiger partial charge in [-0.15, -0.1) is 0 Å². The number of rotatable bonds is 9. The highest BCUT2D eigenvalue weighted by atomic mass is 16.5. The molecule has 1 amide bonds. The number of carbonyl (C=O) groups excluding carboxylic acids is 1. The second kappa shape index (κ2) is 9.82. The van der Waals surface area contributed by atoms with Gasteiger partial charge in [-0.2, -0.15) is 0 Å². The Morgan fingerprint density at radius 1 is 1.12 bits per heavy atom. The summed E-state index contributed by atoms with van der Waals surface area (Å²) in [6.07, 6.45) is 0.962. The highest BCUT2D eigenvalue weighted by molar-refractivity contribution is 5.92. The van der Waals surface area contributed by atoms with E-state index in [0.29, 0.717) is 13.1 Å². The van der Waals surface area contributed by atoms with Gasteiger partial charge in [0, 0.05) is 17.8 Å². The van der Waals surface area contributed by atoms with Gasteiger partial charge in [-0.05, 0) is 49.7 Å². The van der Waals surface area contributed by atoms with Crippen molar-refractivity contribution in [1.29, 1.82) is 0 Å². The molecule has 0 aromatic heterocycles. The molecule has 0 unspecified atom stereocenters. The van der Waals surface area contributed by atoms with Gasteiger partial charge in [0.2, 0.25) is 5.91 Å². The van der Waals surface area contributed by atoms with Crippen LogP contribution in [0.3, 0.4) is 0 Å². The minimum absolute atomic E-state index is 0.0189. The average Bonchev–Trinajstić information content (AvgIpc) is 2.63. The number of carbonyl (C=O) groups is 1. The number of para-hydroxylation sites is 1. The van der Waals surface area contributed by atoms with Crippen molar-refractivity contribution in [2.45, 2.75) is 26.8 Å². The first-order valence-electron chi connectivity index (χ1n) is 8.86. The molecule has 0 atom stereocenters. The van der Waals surface area contributed by atoms with Gasteiger partial charge in [0.25, 0.3) is 0 Å². The van der Waals surface area contributed by atoms with Gasteiger partial charge in [0.15, 0.2) is 0 Å². The summed E-state index contributed by atoms with van der Waals surface area (Å²) in [6.45, 7) is 5.86. The van der Waals surface area contributed by atoms with E-state index in [0.717, 1.165) is 41.3 Å². The van der Waals surface area contributed by atoms with Crippen LogP contribution < -0.4 is 14.8 Å². The van der Waals surface area contributed by atoms with Gasteiger partial charge in [-0.3, -0.25) is 9.69 Å². The molecule has 140 valence electrons. The highest BCUT2D eigenvalue weighted by Crippen LogP contribution is 2.25. The topological polar surface area (TPSA) is 50.8 Å². The van der Waals surface area contributed by atoms with Crippen molar-refractivity contribution in [3.8, 4) is 11.5 Å². The predicted molar refractivity (Wildman–Crippen MR) is 105 cm³/mol. The van der Waals surface area contributed by atoms with E-state index < -0.39 is 0 Å². The standard InChI is InChI=1S/C21H28N2O3/c1-5-12-23(14-17-13-18(25-3)10-11-20(17)26-4)15-21(24)22-19-9-7-6-8-16(19)2/h6-11,13H,5,12,14-15H2,1-4H3,(H,22,24). The Kier molecular flexibility index (Phi) is 7.48. The summed E-state index contributed by atoms with van der Waals surface area (Å²) in [5.41, 5.74) is 2.91. The van der Waals surface area contributed by atoms with Crippen LogP contribution in [0.2, 0.25) is 0 Å². The predicted octanol–water partition coefficient (Wildman–Crippen LogP) is 3.86. The van der Waals surface area contributed by atoms with E-state index in [1.165, 1.54) is 0 Å². The number of aryl methyl sites for hydroxylation is 1. The van der Waals surface area contributed by atoms with Crippen LogP contribution in [0.15, 0.2) is 42.5 Å². The summed E-state index contributed by atoms with van der Waals surface area (Å²) in [5, 5.41) is 3.00. The Morgan fingerprint density at radius 3 is 2.54 bits per heavy atom. The molecule has 5 heteroatoms. The molecule has 0 radical (unpaired) electrons. The lowest BCUT2D eigenvalue weighted by atomic mass is 10.1. The summed E-state index contributed by atoms with van der Waals surface area (Å²) in [4.78, 5) is 14.6. The second-order valence-corrected chi connectivity index (χ2v) is 6.25. The van der Waals surface area contributed by atoms with E-state index in [1.54, 1.807) is 14.2 Å². The van der Waals surface area contributed by atoms with Crippen LogP contribution >= 0.6 is 0 Å². The van der Waals surface area contributed by atoms with Crippen LogP contribution in [0.4, 0.5) is 5.69 Å². The number of methoxy groups -OCH3 is 2. The number of hydrogen-bond donors (Lipinski definition) is 1. The number of hydrogen-bond acceptors (Lipinski definition) is 4. The molecular weight excluding hydrogens is 328 g/mol. The zero-order chi connectivity index (χ0) is 18.9. The maximum absolute atomic E-state index is 12.5. The summed E-state index contributed by atoms with van der Waals surface area (Å²) in [7, 11) is 3.30. The summed E-state index contributed by atoms with van der Waals surface area (Å²) in [6, 6.07) is 13.5. The zero-order valence-electron chi connectivity index (χ0n) is 16.0. The van der Waals surface area contributed by atoms with Crippen LogP contribution in [0, 0.1) is 6.92 Å². The second-order valence-electron chi connectivity index (χ2n) is 6.25. The Labute approximate surface area is 155 Å². The van der Waals surface area contributed by atoms with Gasteiger partial charge in [-0.25, -0.2) is 0 Å². The molecule has 2 aromatic carbocycles. The van der Waals surface area contributed by atoms with E-state index in [2.05, 4.69) is 17.1 Å². The number of ether oxygens (including phenoxy) is 2. The molecule has 26 heavy (non-hydrogen) atoms. The van der Waals surface area contributed by atoms with Crippen molar-refractivity contribution in [1.82, 2.24) is 4.90 Å². The minimum Gasteiger partial charge on any atom is -0.497 e. The average molecular weight is 356 g/mol. The van der Waals surface area contributed by atoms with Crippen molar-refractivity contribution in [3.05, 3.63) is 53.6 Å². The van der Waals surface area contributed by atoms with E-state index in [1.807, 2.05) is 49.4 Å². The molecular formula is C21H28N2O3. The molecule has 2 aromatic rings. The monoisotopic (exact) mass is 356 g/mol. The SMILES string of the molecule is CCCN(CC(=O)Nc1ccccc1C)Cc1cc(OC)ccc1OC. The number of benzene rings is 2. The van der Waals surface area contributed by atoms with Crippen LogP contribution in [-0.4, -0.2) is 38.1 Å². The van der Waals surface area contributed by atoms with E-state index in [4.69, 9.17) is 9.47 Å². The Bertz CT molecular complexity index is 731. The largest absolute Gasteiger partial charge is 0.497 e. The minimum atomic E-state index is -0.0189. The lowest BCUT2D eigenvalue weighted by molar-refractivity contribution is -0.117. The number of nitrogens with one attached hydrogen (secondary N) is 1. The third kappa shape index (κ3) is 5.49. The fourth-order valence-corrected chi connectivity index (χ4v) is 2.88. The molecule has 0 spiro atoms. The molecule has 1 N–H and O–H groups in total. The maximum atomic E-state index is 12.5. The van der Waals surface area contributed by atoms with Crippen molar-refractivity contribution in [3.63, 3.8) is 0 Å². The quantitative estimate of drug-likeness (QED) is 0.741. The molecule has 0 fully saturated rings. The van der Waals surface area contributed by atoms with Crippen LogP contribution in [0.1, 0.15) is 24.5 Å². The molecule has 0 bridgehead atoms. The normalized spacial score (nSPS) is 10.7. The molecule has 0 saturated heterocycles. The fraction of sp³-hybridized carbons (Fsp3) is 0.381. The van der Waals surface area contributed by atoms with Crippen molar-refractivity contribution in [2.75, 3.05) is 32.6 Å². The number of anilines is 1. The van der Waals surface area contributed by atoms with Gasteiger partial charge < -0.3 is 14.8 Å². The van der Waals surface area contributed by atoms with Gasteiger partial charge in [0.1, 0.15) is 11.5 Å². The first-order valence-corrected chi connectivity index (χ1v) is 8.86. The lowest BCUT2D eigenvalue weighted by Crippen LogP contribution is -2.33. The van der Waals surface area contributed by atoms with E-state index in [9.17, 15) is 4.79 Å². The Morgan fingerprint density at radius 2 is 1.88 bits per heavy atom. The third-order valence-corrected chi connectivity index (χ3v) is 4.21. The highest BCUT2D eigenvalue weighted by Gasteiger charge is 2.14. The molecule has 0 heterocycles. The zero-order valence-corrected chi connectivity index (χ0v) is 16.0. The van der Waals surface area contributed by atoms with E-state index in [-0.39, 0.29) is 5.91 Å². The molecule has 0 saturated carbocycles. The van der Waals surface area contributed by atoms with Gasteiger partial charge >= 0.3 is 0 Å². The summed E-state index contributed by atoms with van der Waals surface area (Å²) >= 11 is 0. The van der Waals surface area contributed by atoms with Crippen molar-refractivity contribution in [2.24, 2.45) is 0 Å². The lowest BCUT2D eigenvalue weighted by Gasteiger charge is -2.23. The fourth-order valence-electron chi connectivity index (χ4n) is 2.88. The Balaban J connectivity index is 2.09. The molecule has 0 aliphatic carbocycles. The van der Waals surface area contributed by atoms with Crippen LogP contribution in [0.5, 0.6) is 11.5 Å². The van der Waals surface area contributed by atoms with Crippen molar-refractivity contribution >= 4 is 11.6 Å². The smallest absolute Gasteiger partial charge is 0.238 e. The third-order valence-electron chi connectivity index (χ3n) is 4.21. The van der Waals surface area contributed by atoms with Crippen molar-refractivity contribution < 1.29 is 14.3 Å². The molecule has 0 aliphatic rings. The summed E-state index contributed by atoms with van der Waals surface area (Å²) in [5.74, 6) is 1.56. The van der Waals surface area contributed by atoms with Crippen LogP contribution in [-0.2, 0) is 11.3 Å². The maximum Gasteiger partial charge on any atom is 0.238 e. The van der Waals surface area contributed by atoms with E-state index >= 15 is 0 Å². The van der Waals surface area contributed by atoms with Gasteiger partial charge in [-0.1, -0.05) is 25.1 Å². The first kappa shape index (κ1) is 19.8.